The second-order valence-electron chi connectivity index (χ2n) is 13.8. The van der Waals surface area contributed by atoms with E-state index in [0.29, 0.717) is 0 Å². The minimum Gasteiger partial charge on any atom is -0.456 e. The summed E-state index contributed by atoms with van der Waals surface area (Å²) in [6, 6.07) is 46.9. The van der Waals surface area contributed by atoms with Crippen molar-refractivity contribution in [1.82, 2.24) is 4.57 Å². The number of rotatable bonds is 1. The zero-order valence-corrected chi connectivity index (χ0v) is 26.2. The molecule has 0 fully saturated rings. The Kier molecular flexibility index (Phi) is 4.41. The first-order valence-corrected chi connectivity index (χ1v) is 16.8. The standard InChI is InChI=1S/C45H28N2O/c1-45-24-10-17-33-29-13-6-8-18-36(29)47(44(33)45)42-32-16-5-4-15-31(32)39-34-22-20-26-11-2-3-12-28(26)41(34)46(43(39)40(42)45)27-21-23-38-35(25-27)30-14-7-9-19-37(30)48-38/h2-25,44H,1H3. The minimum absolute atomic E-state index is 0.187. The molecule has 3 nitrogen and oxygen atoms in total. The Bertz CT molecular complexity index is 2990. The van der Waals surface area contributed by atoms with Crippen LogP contribution in [0.15, 0.2) is 150 Å². The van der Waals surface area contributed by atoms with E-state index in [1.165, 1.54) is 71.4 Å². The van der Waals surface area contributed by atoms with Gasteiger partial charge in [0.05, 0.1) is 22.8 Å². The highest BCUT2D eigenvalue weighted by Gasteiger charge is 2.55. The number of fused-ring (bicyclic) bond motifs is 18. The van der Waals surface area contributed by atoms with Gasteiger partial charge in [-0.25, -0.2) is 0 Å². The Balaban J connectivity index is 1.35. The predicted octanol–water partition coefficient (Wildman–Crippen LogP) is 11.7. The van der Waals surface area contributed by atoms with Crippen molar-refractivity contribution in [1.29, 1.82) is 0 Å². The molecule has 224 valence electrons. The molecule has 7 aromatic carbocycles. The van der Waals surface area contributed by atoms with Crippen molar-refractivity contribution < 1.29 is 4.42 Å². The molecule has 48 heavy (non-hydrogen) atoms. The monoisotopic (exact) mass is 612 g/mol. The van der Waals surface area contributed by atoms with E-state index in [-0.39, 0.29) is 11.5 Å². The molecule has 0 spiro atoms. The van der Waals surface area contributed by atoms with Gasteiger partial charge in [-0.05, 0) is 53.6 Å². The molecular formula is C45H28N2O. The van der Waals surface area contributed by atoms with Gasteiger partial charge in [-0.3, -0.25) is 0 Å². The van der Waals surface area contributed by atoms with Gasteiger partial charge in [0, 0.05) is 60.2 Å². The Labute approximate surface area is 276 Å². The second-order valence-corrected chi connectivity index (χ2v) is 13.8. The fraction of sp³-hybridized carbons (Fsp3) is 0.0667. The van der Waals surface area contributed by atoms with Gasteiger partial charge in [0.25, 0.3) is 0 Å². The summed E-state index contributed by atoms with van der Waals surface area (Å²) >= 11 is 0. The molecule has 1 aliphatic carbocycles. The fourth-order valence-corrected chi connectivity index (χ4v) is 9.62. The van der Waals surface area contributed by atoms with Crippen molar-refractivity contribution in [3.05, 3.63) is 157 Å². The van der Waals surface area contributed by atoms with E-state index in [4.69, 9.17) is 4.42 Å². The van der Waals surface area contributed by atoms with Crippen LogP contribution >= 0.6 is 0 Å². The highest BCUT2D eigenvalue weighted by molar-refractivity contribution is 6.30. The molecule has 12 rings (SSSR count). The van der Waals surface area contributed by atoms with Crippen molar-refractivity contribution >= 4 is 82.2 Å². The summed E-state index contributed by atoms with van der Waals surface area (Å²) in [6.07, 6.45) is 7.11. The molecule has 0 amide bonds. The number of benzene rings is 7. The molecule has 0 saturated heterocycles. The molecule has 3 aliphatic rings. The number of anilines is 2. The highest BCUT2D eigenvalue weighted by Crippen LogP contribution is 2.64. The first-order chi connectivity index (χ1) is 23.7. The van der Waals surface area contributed by atoms with Gasteiger partial charge in [0.1, 0.15) is 11.2 Å². The summed E-state index contributed by atoms with van der Waals surface area (Å²) in [5.74, 6) is 0. The van der Waals surface area contributed by atoms with E-state index in [1.54, 1.807) is 0 Å². The van der Waals surface area contributed by atoms with E-state index >= 15 is 0 Å². The molecule has 2 atom stereocenters. The maximum absolute atomic E-state index is 6.32. The third-order valence-corrected chi connectivity index (χ3v) is 11.5. The van der Waals surface area contributed by atoms with Crippen LogP contribution < -0.4 is 4.90 Å². The normalized spacial score (nSPS) is 19.2. The highest BCUT2D eigenvalue weighted by atomic mass is 16.3. The molecule has 2 unspecified atom stereocenters. The largest absolute Gasteiger partial charge is 0.456 e. The number of allylic oxidation sites excluding steroid dienone is 2. The van der Waals surface area contributed by atoms with Gasteiger partial charge < -0.3 is 13.9 Å². The van der Waals surface area contributed by atoms with Crippen LogP contribution in [0.25, 0.3) is 76.5 Å². The number of hydrogen-bond donors (Lipinski definition) is 0. The fourth-order valence-electron chi connectivity index (χ4n) is 9.62. The molecule has 4 heterocycles. The van der Waals surface area contributed by atoms with Crippen LogP contribution in [0.4, 0.5) is 11.4 Å². The lowest BCUT2D eigenvalue weighted by Crippen LogP contribution is -2.38. The first kappa shape index (κ1) is 25.1. The number of hydrogen-bond acceptors (Lipinski definition) is 2. The van der Waals surface area contributed by atoms with E-state index in [1.807, 2.05) is 6.07 Å². The molecule has 2 aliphatic heterocycles. The van der Waals surface area contributed by atoms with Gasteiger partial charge >= 0.3 is 0 Å². The van der Waals surface area contributed by atoms with Crippen molar-refractivity contribution in [2.75, 3.05) is 4.90 Å². The van der Waals surface area contributed by atoms with Crippen LogP contribution in [0.1, 0.15) is 18.1 Å². The summed E-state index contributed by atoms with van der Waals surface area (Å²) in [5.41, 5.74) is 12.0. The maximum atomic E-state index is 6.32. The Hall–Kier alpha value is -6.06. The van der Waals surface area contributed by atoms with E-state index in [2.05, 4.69) is 156 Å². The van der Waals surface area contributed by atoms with E-state index < -0.39 is 0 Å². The average molecular weight is 613 g/mol. The average Bonchev–Trinajstić information content (AvgIpc) is 3.86. The lowest BCUT2D eigenvalue weighted by Gasteiger charge is -2.33. The number of furan rings is 1. The Morgan fingerprint density at radius 3 is 2.29 bits per heavy atom. The summed E-state index contributed by atoms with van der Waals surface area (Å²) in [4.78, 5) is 2.66. The molecule has 0 N–H and O–H groups in total. The molecule has 0 radical (unpaired) electrons. The SMILES string of the molecule is CC12C=CC=C3c4ccccc4N(c4c1c1c(c5ccccc45)c4ccc5ccccc5c4n1-c1ccc4oc5ccccc5c4c1)C32. The lowest BCUT2D eigenvalue weighted by molar-refractivity contribution is 0.573. The third kappa shape index (κ3) is 2.80. The van der Waals surface area contributed by atoms with Gasteiger partial charge in [-0.2, -0.15) is 0 Å². The van der Waals surface area contributed by atoms with Crippen LogP contribution in [0.3, 0.4) is 0 Å². The number of para-hydroxylation sites is 2. The molecule has 0 saturated carbocycles. The zero-order chi connectivity index (χ0) is 31.3. The van der Waals surface area contributed by atoms with Crippen molar-refractivity contribution in [2.45, 2.75) is 18.4 Å². The van der Waals surface area contributed by atoms with Gasteiger partial charge in [0.15, 0.2) is 0 Å². The van der Waals surface area contributed by atoms with Gasteiger partial charge in [0.2, 0.25) is 0 Å². The van der Waals surface area contributed by atoms with Gasteiger partial charge in [-0.1, -0.05) is 115 Å². The van der Waals surface area contributed by atoms with Crippen LogP contribution in [0.2, 0.25) is 0 Å². The summed E-state index contributed by atoms with van der Waals surface area (Å²) < 4.78 is 8.91. The number of nitrogens with zero attached hydrogens (tertiary/aromatic N) is 2. The summed E-state index contributed by atoms with van der Waals surface area (Å²) in [5, 5.41) is 9.99. The summed E-state index contributed by atoms with van der Waals surface area (Å²) in [6.45, 7) is 2.47. The topological polar surface area (TPSA) is 21.3 Å². The lowest BCUT2D eigenvalue weighted by atomic mass is 9.71. The Morgan fingerprint density at radius 1 is 0.625 bits per heavy atom. The smallest absolute Gasteiger partial charge is 0.135 e. The zero-order valence-electron chi connectivity index (χ0n) is 26.2. The maximum Gasteiger partial charge on any atom is 0.135 e. The molecule has 9 aromatic rings. The van der Waals surface area contributed by atoms with E-state index in [9.17, 15) is 0 Å². The molecule has 3 heteroatoms. The second kappa shape index (κ2) is 8.44. The van der Waals surface area contributed by atoms with Crippen LogP contribution in [-0.4, -0.2) is 10.6 Å². The Morgan fingerprint density at radius 2 is 1.38 bits per heavy atom. The van der Waals surface area contributed by atoms with Crippen molar-refractivity contribution in [2.24, 2.45) is 0 Å². The quantitative estimate of drug-likeness (QED) is 0.184. The molecule has 2 aromatic heterocycles. The molecular weight excluding hydrogens is 585 g/mol. The third-order valence-electron chi connectivity index (χ3n) is 11.5. The predicted molar refractivity (Wildman–Crippen MR) is 200 cm³/mol. The van der Waals surface area contributed by atoms with Crippen LogP contribution in [0, 0.1) is 0 Å². The molecule has 0 bridgehead atoms. The van der Waals surface area contributed by atoms with Gasteiger partial charge in [-0.15, -0.1) is 0 Å². The van der Waals surface area contributed by atoms with Crippen molar-refractivity contribution in [3.63, 3.8) is 0 Å². The first-order valence-electron chi connectivity index (χ1n) is 16.8. The van der Waals surface area contributed by atoms with E-state index in [0.717, 1.165) is 27.6 Å². The minimum atomic E-state index is -0.255. The summed E-state index contributed by atoms with van der Waals surface area (Å²) in [7, 11) is 0. The van der Waals surface area contributed by atoms with Crippen LogP contribution in [0.5, 0.6) is 0 Å². The number of aromatic nitrogens is 1. The van der Waals surface area contributed by atoms with Crippen molar-refractivity contribution in [3.8, 4) is 5.69 Å². The van der Waals surface area contributed by atoms with Crippen LogP contribution in [-0.2, 0) is 5.41 Å².